The molecule has 0 saturated carbocycles. The maximum atomic E-state index is 12.1. The first-order valence-electron chi connectivity index (χ1n) is 5.80. The number of carbonyl (C=O) groups is 1. The van der Waals surface area contributed by atoms with Crippen molar-refractivity contribution in [1.29, 1.82) is 0 Å². The van der Waals surface area contributed by atoms with E-state index in [0.717, 1.165) is 5.56 Å². The number of hydrogen-bond donors (Lipinski definition) is 2. The number of carbonyl (C=O) groups excluding carboxylic acids is 1. The molecule has 1 aliphatic heterocycles. The van der Waals surface area contributed by atoms with Crippen molar-refractivity contribution in [3.63, 3.8) is 0 Å². The summed E-state index contributed by atoms with van der Waals surface area (Å²) in [6.45, 7) is 3.12. The summed E-state index contributed by atoms with van der Waals surface area (Å²) in [4.78, 5) is 12.1. The van der Waals surface area contributed by atoms with Crippen LogP contribution in [0.3, 0.4) is 0 Å². The summed E-state index contributed by atoms with van der Waals surface area (Å²) in [5.74, 6) is -0.0124. The van der Waals surface area contributed by atoms with Gasteiger partial charge in [-0.1, -0.05) is 0 Å². The first-order valence-corrected chi connectivity index (χ1v) is 6.74. The molecule has 0 radical (unpaired) electrons. The molecule has 2 N–H and O–H groups in total. The van der Waals surface area contributed by atoms with Crippen molar-refractivity contribution in [2.24, 2.45) is 5.92 Å². The zero-order valence-corrected chi connectivity index (χ0v) is 10.9. The van der Waals surface area contributed by atoms with Crippen molar-refractivity contribution in [3.8, 4) is 0 Å². The minimum absolute atomic E-state index is 0.0619. The van der Waals surface area contributed by atoms with Crippen LogP contribution in [0.5, 0.6) is 0 Å². The molecule has 2 rings (SSSR count). The van der Waals surface area contributed by atoms with Gasteiger partial charge in [0.25, 0.3) is 0 Å². The van der Waals surface area contributed by atoms with Gasteiger partial charge < -0.3 is 15.4 Å². The maximum absolute atomic E-state index is 12.1. The minimum atomic E-state index is -0.0823. The van der Waals surface area contributed by atoms with Gasteiger partial charge in [0.05, 0.1) is 25.2 Å². The van der Waals surface area contributed by atoms with Crippen LogP contribution in [0.4, 0.5) is 0 Å². The Kier molecular flexibility index (Phi) is 4.15. The average Bonchev–Trinajstić information content (AvgIpc) is 2.99. The molecular formula is C12H18N2O2S. The van der Waals surface area contributed by atoms with Crippen LogP contribution in [0.1, 0.15) is 18.5 Å². The Morgan fingerprint density at radius 1 is 1.59 bits per heavy atom. The van der Waals surface area contributed by atoms with Gasteiger partial charge in [-0.25, -0.2) is 0 Å². The summed E-state index contributed by atoms with van der Waals surface area (Å²) in [5.41, 5.74) is 1.16. The third kappa shape index (κ3) is 2.86. The second kappa shape index (κ2) is 5.62. The fraction of sp³-hybridized carbons (Fsp3) is 0.583. The van der Waals surface area contributed by atoms with E-state index in [0.29, 0.717) is 13.2 Å². The maximum Gasteiger partial charge on any atom is 0.227 e. The van der Waals surface area contributed by atoms with Crippen molar-refractivity contribution in [2.45, 2.75) is 19.0 Å². The lowest BCUT2D eigenvalue weighted by atomic mass is 10.0. The molecular weight excluding hydrogens is 236 g/mol. The van der Waals surface area contributed by atoms with E-state index in [9.17, 15) is 4.79 Å². The van der Waals surface area contributed by atoms with Gasteiger partial charge in [0, 0.05) is 6.04 Å². The van der Waals surface area contributed by atoms with Crippen LogP contribution >= 0.6 is 11.3 Å². The molecule has 3 unspecified atom stereocenters. The molecule has 1 aromatic heterocycles. The highest BCUT2D eigenvalue weighted by Gasteiger charge is 2.33. The van der Waals surface area contributed by atoms with Gasteiger partial charge in [-0.3, -0.25) is 4.79 Å². The van der Waals surface area contributed by atoms with Crippen molar-refractivity contribution >= 4 is 17.2 Å². The lowest BCUT2D eigenvalue weighted by Crippen LogP contribution is -2.43. The molecule has 17 heavy (non-hydrogen) atoms. The molecule has 1 aromatic rings. The van der Waals surface area contributed by atoms with Gasteiger partial charge in [-0.05, 0) is 36.4 Å². The third-order valence-electron chi connectivity index (χ3n) is 3.19. The fourth-order valence-electron chi connectivity index (χ4n) is 2.02. The Balaban J connectivity index is 1.92. The van der Waals surface area contributed by atoms with Gasteiger partial charge >= 0.3 is 0 Å². The highest BCUT2D eigenvalue weighted by Crippen LogP contribution is 2.18. The topological polar surface area (TPSA) is 50.4 Å². The number of hydrogen-bond acceptors (Lipinski definition) is 4. The highest BCUT2D eigenvalue weighted by atomic mass is 32.1. The van der Waals surface area contributed by atoms with E-state index in [2.05, 4.69) is 16.0 Å². The quantitative estimate of drug-likeness (QED) is 0.848. The van der Waals surface area contributed by atoms with Crippen LogP contribution in [0.25, 0.3) is 0 Å². The molecule has 0 spiro atoms. The summed E-state index contributed by atoms with van der Waals surface area (Å²) >= 11 is 1.64. The summed E-state index contributed by atoms with van der Waals surface area (Å²) in [7, 11) is 1.86. The van der Waals surface area contributed by atoms with E-state index in [1.54, 1.807) is 11.3 Å². The van der Waals surface area contributed by atoms with Gasteiger partial charge in [0.15, 0.2) is 0 Å². The number of nitrogens with one attached hydrogen (secondary N) is 2. The summed E-state index contributed by atoms with van der Waals surface area (Å²) < 4.78 is 5.33. The van der Waals surface area contributed by atoms with Crippen molar-refractivity contribution < 1.29 is 9.53 Å². The number of likely N-dealkylation sites (N-methyl/N-ethyl adjacent to an activating group) is 1. The van der Waals surface area contributed by atoms with Crippen LogP contribution in [-0.2, 0) is 9.53 Å². The first kappa shape index (κ1) is 12.5. The molecule has 1 amide bonds. The molecule has 0 bridgehead atoms. The van der Waals surface area contributed by atoms with E-state index in [-0.39, 0.29) is 23.9 Å². The average molecular weight is 254 g/mol. The molecule has 2 heterocycles. The highest BCUT2D eigenvalue weighted by molar-refractivity contribution is 7.07. The molecule has 0 aliphatic carbocycles. The van der Waals surface area contributed by atoms with Crippen LogP contribution in [0, 0.1) is 5.92 Å². The zero-order chi connectivity index (χ0) is 12.3. The molecule has 1 fully saturated rings. The normalized spacial score (nSPS) is 25.8. The van der Waals surface area contributed by atoms with Gasteiger partial charge in [0.2, 0.25) is 5.91 Å². The molecule has 0 aromatic carbocycles. The van der Waals surface area contributed by atoms with E-state index in [4.69, 9.17) is 4.74 Å². The smallest absolute Gasteiger partial charge is 0.227 e. The number of rotatable bonds is 4. The summed E-state index contributed by atoms with van der Waals surface area (Å²) in [6, 6.07) is 2.23. The summed E-state index contributed by atoms with van der Waals surface area (Å²) in [6.07, 6.45) is 0. The number of amides is 1. The lowest BCUT2D eigenvalue weighted by molar-refractivity contribution is -0.126. The molecule has 1 aliphatic rings. The van der Waals surface area contributed by atoms with Crippen LogP contribution in [0.2, 0.25) is 0 Å². The largest absolute Gasteiger partial charge is 0.379 e. The van der Waals surface area contributed by atoms with Crippen LogP contribution in [0.15, 0.2) is 16.8 Å². The van der Waals surface area contributed by atoms with Crippen molar-refractivity contribution in [2.75, 3.05) is 20.3 Å². The third-order valence-corrected chi connectivity index (χ3v) is 3.89. The van der Waals surface area contributed by atoms with Crippen molar-refractivity contribution in [3.05, 3.63) is 22.4 Å². The van der Waals surface area contributed by atoms with E-state index < -0.39 is 0 Å². The van der Waals surface area contributed by atoms with E-state index in [1.165, 1.54) is 0 Å². The minimum Gasteiger partial charge on any atom is -0.379 e. The monoisotopic (exact) mass is 254 g/mol. The second-order valence-corrected chi connectivity index (χ2v) is 5.11. The first-order chi connectivity index (χ1) is 8.22. The van der Waals surface area contributed by atoms with E-state index in [1.807, 2.05) is 25.4 Å². The van der Waals surface area contributed by atoms with Gasteiger partial charge in [-0.2, -0.15) is 11.3 Å². The Hall–Kier alpha value is -0.910. The Labute approximate surface area is 105 Å². The van der Waals surface area contributed by atoms with E-state index >= 15 is 0 Å². The fourth-order valence-corrected chi connectivity index (χ4v) is 2.78. The molecule has 1 saturated heterocycles. The number of ether oxygens (including phenoxy) is 1. The molecule has 5 heteroatoms. The SMILES string of the molecule is CNC1COCC1C(=O)NC(C)c1ccsc1. The van der Waals surface area contributed by atoms with Crippen LogP contribution < -0.4 is 10.6 Å². The predicted molar refractivity (Wildman–Crippen MR) is 68.0 cm³/mol. The van der Waals surface area contributed by atoms with Crippen molar-refractivity contribution in [1.82, 2.24) is 10.6 Å². The standard InChI is InChI=1S/C12H18N2O2S/c1-8(9-3-4-17-7-9)14-12(15)10-5-16-6-11(10)13-2/h3-4,7-8,10-11,13H,5-6H2,1-2H3,(H,14,15). The number of thiophene rings is 1. The van der Waals surface area contributed by atoms with Crippen LogP contribution in [-0.4, -0.2) is 32.2 Å². The Morgan fingerprint density at radius 3 is 3.06 bits per heavy atom. The zero-order valence-electron chi connectivity index (χ0n) is 10.1. The molecule has 94 valence electrons. The molecule has 4 nitrogen and oxygen atoms in total. The lowest BCUT2D eigenvalue weighted by Gasteiger charge is -2.19. The van der Waals surface area contributed by atoms with Gasteiger partial charge in [0.1, 0.15) is 0 Å². The second-order valence-electron chi connectivity index (χ2n) is 4.33. The Bertz CT molecular complexity index is 367. The van der Waals surface area contributed by atoms with Gasteiger partial charge in [-0.15, -0.1) is 0 Å². The Morgan fingerprint density at radius 2 is 2.41 bits per heavy atom. The molecule has 3 atom stereocenters. The predicted octanol–water partition coefficient (Wildman–Crippen LogP) is 1.16. The summed E-state index contributed by atoms with van der Waals surface area (Å²) in [5, 5.41) is 10.2.